The average molecular weight is 369 g/mol. The minimum absolute atomic E-state index is 0.0714. The van der Waals surface area contributed by atoms with Crippen molar-refractivity contribution >= 4 is 33.4 Å². The molecule has 0 unspecified atom stereocenters. The monoisotopic (exact) mass is 368 g/mol. The van der Waals surface area contributed by atoms with E-state index in [1.54, 1.807) is 6.07 Å². The van der Waals surface area contributed by atoms with Crippen molar-refractivity contribution in [1.82, 2.24) is 4.90 Å². The van der Waals surface area contributed by atoms with E-state index in [-0.39, 0.29) is 23.8 Å². The molecule has 0 saturated heterocycles. The minimum atomic E-state index is -0.412. The number of anilines is 1. The molecule has 1 aliphatic rings. The molecule has 2 rings (SSSR count). The third-order valence-electron chi connectivity index (χ3n) is 3.84. The highest BCUT2D eigenvalue weighted by Crippen LogP contribution is 2.42. The van der Waals surface area contributed by atoms with E-state index in [2.05, 4.69) is 22.5 Å². The van der Waals surface area contributed by atoms with Crippen molar-refractivity contribution < 1.29 is 14.0 Å². The number of rotatable bonds is 3. The second-order valence-electron chi connectivity index (χ2n) is 6.05. The Kier molecular flexibility index (Phi) is 4.42. The maximum atomic E-state index is 13.8. The maximum absolute atomic E-state index is 13.8. The van der Waals surface area contributed by atoms with E-state index >= 15 is 0 Å². The van der Waals surface area contributed by atoms with Crippen molar-refractivity contribution in [3.05, 3.63) is 40.6 Å². The molecule has 0 radical (unpaired) electrons. The first-order valence-electron chi connectivity index (χ1n) is 6.85. The Morgan fingerprint density at radius 2 is 2.14 bits per heavy atom. The third-order valence-corrected chi connectivity index (χ3v) is 4.44. The summed E-state index contributed by atoms with van der Waals surface area (Å²) in [5, 5.41) is 0. The van der Waals surface area contributed by atoms with E-state index in [0.29, 0.717) is 16.7 Å². The number of carbonyl (C=O) groups is 2. The topological polar surface area (TPSA) is 40.6 Å². The number of halogens is 2. The van der Waals surface area contributed by atoms with Gasteiger partial charge >= 0.3 is 0 Å². The SMILES string of the molecule is C=CC(=O)N(C)CC(=O)N1CC(C)(C)c2cc(Br)c(F)cc21. The Hall–Kier alpha value is -1.69. The Labute approximate surface area is 137 Å². The molecule has 6 heteroatoms. The van der Waals surface area contributed by atoms with Crippen LogP contribution in [0.2, 0.25) is 0 Å². The lowest BCUT2D eigenvalue weighted by Gasteiger charge is -2.23. The molecule has 1 aromatic rings. The molecule has 0 bridgehead atoms. The third kappa shape index (κ3) is 2.92. The van der Waals surface area contributed by atoms with E-state index in [1.165, 1.54) is 22.9 Å². The lowest BCUT2D eigenvalue weighted by Crippen LogP contribution is -2.41. The summed E-state index contributed by atoms with van der Waals surface area (Å²) < 4.78 is 14.2. The van der Waals surface area contributed by atoms with Crippen LogP contribution in [0.15, 0.2) is 29.3 Å². The van der Waals surface area contributed by atoms with E-state index < -0.39 is 5.82 Å². The average Bonchev–Trinajstić information content (AvgIpc) is 2.70. The van der Waals surface area contributed by atoms with Gasteiger partial charge in [0.2, 0.25) is 11.8 Å². The van der Waals surface area contributed by atoms with Gasteiger partial charge in [0.1, 0.15) is 12.4 Å². The first-order valence-corrected chi connectivity index (χ1v) is 7.64. The number of benzene rings is 1. The van der Waals surface area contributed by atoms with Crippen molar-refractivity contribution in [2.24, 2.45) is 0 Å². The number of hydrogen-bond acceptors (Lipinski definition) is 2. The lowest BCUT2D eigenvalue weighted by atomic mass is 9.87. The van der Waals surface area contributed by atoms with Gasteiger partial charge in [0.05, 0.1) is 10.2 Å². The zero-order chi connectivity index (χ0) is 16.7. The zero-order valence-corrected chi connectivity index (χ0v) is 14.4. The zero-order valence-electron chi connectivity index (χ0n) is 12.8. The van der Waals surface area contributed by atoms with E-state index in [1.807, 2.05) is 13.8 Å². The van der Waals surface area contributed by atoms with Gasteiger partial charge < -0.3 is 9.80 Å². The van der Waals surface area contributed by atoms with Crippen molar-refractivity contribution in [3.8, 4) is 0 Å². The molecule has 0 spiro atoms. The Morgan fingerprint density at radius 3 is 2.73 bits per heavy atom. The number of nitrogens with zero attached hydrogens (tertiary/aromatic N) is 2. The Balaban J connectivity index is 2.32. The molecule has 0 saturated carbocycles. The molecule has 0 aromatic heterocycles. The van der Waals surface area contributed by atoms with Gasteiger partial charge in [-0.3, -0.25) is 9.59 Å². The van der Waals surface area contributed by atoms with Crippen LogP contribution in [-0.2, 0) is 15.0 Å². The molecule has 0 fully saturated rings. The summed E-state index contributed by atoms with van der Waals surface area (Å²) in [6, 6.07) is 3.08. The van der Waals surface area contributed by atoms with E-state index in [0.717, 1.165) is 11.6 Å². The van der Waals surface area contributed by atoms with Gasteiger partial charge in [-0.25, -0.2) is 4.39 Å². The van der Waals surface area contributed by atoms with Crippen molar-refractivity contribution in [1.29, 1.82) is 0 Å². The van der Waals surface area contributed by atoms with E-state index in [9.17, 15) is 14.0 Å². The molecular formula is C16H18BrFN2O2. The largest absolute Gasteiger partial charge is 0.333 e. The minimum Gasteiger partial charge on any atom is -0.333 e. The van der Waals surface area contributed by atoms with Gasteiger partial charge in [-0.1, -0.05) is 20.4 Å². The van der Waals surface area contributed by atoms with Crippen LogP contribution in [0.4, 0.5) is 10.1 Å². The van der Waals surface area contributed by atoms with Gasteiger partial charge in [0.15, 0.2) is 0 Å². The highest BCUT2D eigenvalue weighted by atomic mass is 79.9. The molecule has 0 atom stereocenters. The fraction of sp³-hybridized carbons (Fsp3) is 0.375. The summed E-state index contributed by atoms with van der Waals surface area (Å²) in [6.07, 6.45) is 1.16. The smallest absolute Gasteiger partial charge is 0.246 e. The van der Waals surface area contributed by atoms with Gasteiger partial charge in [-0.05, 0) is 39.7 Å². The summed E-state index contributed by atoms with van der Waals surface area (Å²) in [5.74, 6) is -0.981. The van der Waals surface area contributed by atoms with Crippen molar-refractivity contribution in [2.75, 3.05) is 25.0 Å². The van der Waals surface area contributed by atoms with E-state index in [4.69, 9.17) is 0 Å². The molecule has 118 valence electrons. The Bertz CT molecular complexity index is 658. The molecular weight excluding hydrogens is 351 g/mol. The maximum Gasteiger partial charge on any atom is 0.246 e. The van der Waals surface area contributed by atoms with Crippen LogP contribution in [0, 0.1) is 5.82 Å². The predicted octanol–water partition coefficient (Wildman–Crippen LogP) is 2.86. The van der Waals surface area contributed by atoms with Gasteiger partial charge in [0, 0.05) is 19.0 Å². The second kappa shape index (κ2) is 5.83. The Morgan fingerprint density at radius 1 is 1.50 bits per heavy atom. The van der Waals surface area contributed by atoms with Gasteiger partial charge in [0.25, 0.3) is 0 Å². The van der Waals surface area contributed by atoms with Crippen LogP contribution in [0.1, 0.15) is 19.4 Å². The second-order valence-corrected chi connectivity index (χ2v) is 6.90. The predicted molar refractivity (Wildman–Crippen MR) is 87.3 cm³/mol. The molecule has 1 aliphatic heterocycles. The number of amides is 2. The fourth-order valence-electron chi connectivity index (χ4n) is 2.61. The molecule has 1 heterocycles. The molecule has 2 amide bonds. The fourth-order valence-corrected chi connectivity index (χ4v) is 2.96. The summed E-state index contributed by atoms with van der Waals surface area (Å²) in [6.45, 7) is 7.78. The van der Waals surface area contributed by atoms with Crippen LogP contribution in [0.25, 0.3) is 0 Å². The number of carbonyl (C=O) groups excluding carboxylic acids is 2. The quantitative estimate of drug-likeness (QED) is 0.769. The van der Waals surface area contributed by atoms with Crippen LogP contribution in [-0.4, -0.2) is 36.9 Å². The molecule has 22 heavy (non-hydrogen) atoms. The highest BCUT2D eigenvalue weighted by molar-refractivity contribution is 9.10. The standard InChI is InChI=1S/C16H18BrFN2O2/c1-5-14(21)19(4)8-15(22)20-9-16(2,3)10-6-11(17)12(18)7-13(10)20/h5-7H,1,8-9H2,2-4H3. The summed E-state index contributed by atoms with van der Waals surface area (Å²) in [7, 11) is 1.53. The molecule has 1 aromatic carbocycles. The molecule has 4 nitrogen and oxygen atoms in total. The number of fused-ring (bicyclic) bond motifs is 1. The number of likely N-dealkylation sites (N-methyl/N-ethyl adjacent to an activating group) is 1. The van der Waals surface area contributed by atoms with Crippen LogP contribution in [0.3, 0.4) is 0 Å². The first-order chi connectivity index (χ1) is 10.2. The lowest BCUT2D eigenvalue weighted by molar-refractivity contribution is -0.130. The van der Waals surface area contributed by atoms with Gasteiger partial charge in [-0.15, -0.1) is 0 Å². The molecule has 0 N–H and O–H groups in total. The highest BCUT2D eigenvalue weighted by Gasteiger charge is 2.39. The van der Waals surface area contributed by atoms with Crippen molar-refractivity contribution in [2.45, 2.75) is 19.3 Å². The summed E-state index contributed by atoms with van der Waals surface area (Å²) in [4.78, 5) is 26.8. The van der Waals surface area contributed by atoms with Crippen LogP contribution >= 0.6 is 15.9 Å². The number of hydrogen-bond donors (Lipinski definition) is 0. The first kappa shape index (κ1) is 16.7. The normalized spacial score (nSPS) is 15.4. The summed E-state index contributed by atoms with van der Waals surface area (Å²) in [5.41, 5.74) is 1.20. The van der Waals surface area contributed by atoms with Crippen molar-refractivity contribution in [3.63, 3.8) is 0 Å². The molecule has 0 aliphatic carbocycles. The van der Waals surface area contributed by atoms with Crippen LogP contribution in [0.5, 0.6) is 0 Å². The van der Waals surface area contributed by atoms with Crippen LogP contribution < -0.4 is 4.90 Å². The van der Waals surface area contributed by atoms with Gasteiger partial charge in [-0.2, -0.15) is 0 Å². The summed E-state index contributed by atoms with van der Waals surface area (Å²) >= 11 is 3.18.